The van der Waals surface area contributed by atoms with E-state index in [-0.39, 0.29) is 0 Å². The molecule has 0 saturated carbocycles. The average Bonchev–Trinajstić information content (AvgIpc) is 3.78. The number of aryl methyl sites for hydroxylation is 2. The van der Waals surface area contributed by atoms with Crippen molar-refractivity contribution in [3.05, 3.63) is 194 Å². The van der Waals surface area contributed by atoms with Gasteiger partial charge in [0.25, 0.3) is 0 Å². The molecule has 0 spiro atoms. The first-order valence-corrected chi connectivity index (χ1v) is 19.8. The second-order valence-electron chi connectivity index (χ2n) is 15.0. The van der Waals surface area contributed by atoms with Crippen LogP contribution >= 0.6 is 0 Å². The number of fused-ring (bicyclic) bond motifs is 6. The molecule has 0 amide bonds. The maximum absolute atomic E-state index is 6.49. The predicted octanol–water partition coefficient (Wildman–Crippen LogP) is 13.0. The number of pyridine rings is 2. The molecule has 0 atom stereocenters. The van der Waals surface area contributed by atoms with Crippen LogP contribution in [0.3, 0.4) is 0 Å². The molecule has 0 saturated heterocycles. The minimum atomic E-state index is 0.701. The van der Waals surface area contributed by atoms with E-state index in [2.05, 4.69) is 93.6 Å². The maximum atomic E-state index is 6.49. The molecule has 5 heterocycles. The third-order valence-electron chi connectivity index (χ3n) is 10.9. The summed E-state index contributed by atoms with van der Waals surface area (Å²) in [6, 6.07) is 53.3. The fourth-order valence-electron chi connectivity index (χ4n) is 8.16. The molecule has 60 heavy (non-hydrogen) atoms. The number of rotatable bonds is 8. The summed E-state index contributed by atoms with van der Waals surface area (Å²) in [5.74, 6) is 4.57. The van der Waals surface area contributed by atoms with Crippen LogP contribution in [0.4, 0.5) is 0 Å². The van der Waals surface area contributed by atoms with Gasteiger partial charge in [-0.15, -0.1) is 0 Å². The van der Waals surface area contributed by atoms with Gasteiger partial charge in [0.05, 0.1) is 45.8 Å². The summed E-state index contributed by atoms with van der Waals surface area (Å²) in [6.45, 7) is 4.24. The van der Waals surface area contributed by atoms with E-state index in [1.54, 1.807) is 12.4 Å². The average molecular weight is 777 g/mol. The Kier molecular flexibility index (Phi) is 8.41. The van der Waals surface area contributed by atoms with Crippen molar-refractivity contribution in [2.45, 2.75) is 13.8 Å². The van der Waals surface area contributed by atoms with Crippen molar-refractivity contribution in [3.8, 4) is 57.1 Å². The van der Waals surface area contributed by atoms with Gasteiger partial charge in [0.2, 0.25) is 0 Å². The Morgan fingerprint density at radius 2 is 0.833 bits per heavy atom. The number of aromatic nitrogens is 6. The van der Waals surface area contributed by atoms with Crippen LogP contribution in [-0.4, -0.2) is 29.1 Å². The summed E-state index contributed by atoms with van der Waals surface area (Å²) in [7, 11) is 0. The zero-order chi connectivity index (χ0) is 40.2. The van der Waals surface area contributed by atoms with Crippen molar-refractivity contribution in [2.75, 3.05) is 0 Å². The first-order chi connectivity index (χ1) is 29.5. The lowest BCUT2D eigenvalue weighted by Gasteiger charge is -2.11. The highest BCUT2D eigenvalue weighted by molar-refractivity contribution is 6.10. The SMILES string of the molecule is Cc1ccc2c(c1)c1ccc(Oc3cccc(-c4cnc(-c5cccc(Oc6ccc7c8cc(C)ccc8n(-c8ccccn8)c7c6)c5)cn4)c3)cc1n2-c1ccccn1. The van der Waals surface area contributed by atoms with E-state index < -0.39 is 0 Å². The van der Waals surface area contributed by atoms with Gasteiger partial charge in [0, 0.05) is 57.2 Å². The molecule has 0 bridgehead atoms. The number of hydrogen-bond donors (Lipinski definition) is 0. The summed E-state index contributed by atoms with van der Waals surface area (Å²) >= 11 is 0. The van der Waals surface area contributed by atoms with Crippen molar-refractivity contribution < 1.29 is 9.47 Å². The van der Waals surface area contributed by atoms with E-state index in [0.717, 1.165) is 78.5 Å². The van der Waals surface area contributed by atoms with Gasteiger partial charge in [-0.3, -0.25) is 19.1 Å². The Balaban J connectivity index is 0.852. The highest BCUT2D eigenvalue weighted by Gasteiger charge is 2.17. The maximum Gasteiger partial charge on any atom is 0.137 e. The van der Waals surface area contributed by atoms with Gasteiger partial charge in [-0.25, -0.2) is 9.97 Å². The lowest BCUT2D eigenvalue weighted by molar-refractivity contribution is 0.483. The van der Waals surface area contributed by atoms with E-state index >= 15 is 0 Å². The fraction of sp³-hybridized carbons (Fsp3) is 0.0385. The summed E-state index contributed by atoms with van der Waals surface area (Å²) in [5.41, 5.74) is 9.95. The molecule has 11 aromatic rings. The van der Waals surface area contributed by atoms with Crippen LogP contribution < -0.4 is 9.47 Å². The topological polar surface area (TPSA) is 79.9 Å². The van der Waals surface area contributed by atoms with E-state index in [1.807, 2.05) is 109 Å². The van der Waals surface area contributed by atoms with Gasteiger partial charge < -0.3 is 9.47 Å². The zero-order valence-electron chi connectivity index (χ0n) is 32.8. The molecule has 0 radical (unpaired) electrons. The van der Waals surface area contributed by atoms with Crippen molar-refractivity contribution in [3.63, 3.8) is 0 Å². The Hall–Kier alpha value is -8.10. The van der Waals surface area contributed by atoms with Gasteiger partial charge in [-0.2, -0.15) is 0 Å². The number of benzene rings is 6. The van der Waals surface area contributed by atoms with Crippen LogP contribution in [-0.2, 0) is 0 Å². The lowest BCUT2D eigenvalue weighted by Crippen LogP contribution is -1.96. The predicted molar refractivity (Wildman–Crippen MR) is 240 cm³/mol. The Morgan fingerprint density at radius 3 is 1.27 bits per heavy atom. The minimum Gasteiger partial charge on any atom is -0.457 e. The molecule has 0 aliphatic carbocycles. The molecule has 6 aromatic carbocycles. The molecular formula is C52H36N6O2. The molecule has 0 unspecified atom stereocenters. The quantitative estimate of drug-likeness (QED) is 0.153. The van der Waals surface area contributed by atoms with Gasteiger partial charge in [-0.05, 0) is 111 Å². The van der Waals surface area contributed by atoms with Crippen LogP contribution in [0.2, 0.25) is 0 Å². The van der Waals surface area contributed by atoms with Gasteiger partial charge >= 0.3 is 0 Å². The molecule has 5 aromatic heterocycles. The summed E-state index contributed by atoms with van der Waals surface area (Å²) in [6.07, 6.45) is 7.24. The number of nitrogens with zero attached hydrogens (tertiary/aromatic N) is 6. The third kappa shape index (κ3) is 6.27. The van der Waals surface area contributed by atoms with Crippen LogP contribution in [0.15, 0.2) is 183 Å². The zero-order valence-corrected chi connectivity index (χ0v) is 32.8. The first kappa shape index (κ1) is 35.1. The number of ether oxygens (including phenoxy) is 2. The molecule has 0 aliphatic rings. The Labute approximate surface area is 345 Å². The fourth-order valence-corrected chi connectivity index (χ4v) is 8.16. The molecule has 0 fully saturated rings. The Bertz CT molecular complexity index is 3170. The largest absolute Gasteiger partial charge is 0.457 e. The van der Waals surface area contributed by atoms with Crippen molar-refractivity contribution >= 4 is 43.6 Å². The summed E-state index contributed by atoms with van der Waals surface area (Å²) < 4.78 is 17.4. The molecule has 8 heteroatoms. The van der Waals surface area contributed by atoms with Crippen LogP contribution in [0.25, 0.3) is 77.8 Å². The van der Waals surface area contributed by atoms with Gasteiger partial charge in [-0.1, -0.05) is 59.7 Å². The second-order valence-corrected chi connectivity index (χ2v) is 15.0. The van der Waals surface area contributed by atoms with E-state index in [9.17, 15) is 0 Å². The van der Waals surface area contributed by atoms with E-state index in [0.29, 0.717) is 11.5 Å². The van der Waals surface area contributed by atoms with Gasteiger partial charge in [0.1, 0.15) is 34.6 Å². The standard InChI is InChI=1S/C52H36N6O2/c1-33-15-21-47-43(25-33)41-19-17-39(29-49(41)57(47)51-13-3-5-23-53-51)59-37-11-7-9-35(27-37)45-31-56-46(32-55-45)36-10-8-12-38(28-36)60-40-18-20-42-44-26-34(2)16-22-48(44)58(50(42)30-40)52-14-4-6-24-54-52/h3-32H,1-2H3. The highest BCUT2D eigenvalue weighted by Crippen LogP contribution is 2.38. The van der Waals surface area contributed by atoms with Crippen molar-refractivity contribution in [2.24, 2.45) is 0 Å². The smallest absolute Gasteiger partial charge is 0.137 e. The lowest BCUT2D eigenvalue weighted by atomic mass is 10.1. The highest BCUT2D eigenvalue weighted by atomic mass is 16.5. The van der Waals surface area contributed by atoms with Crippen LogP contribution in [0, 0.1) is 13.8 Å². The first-order valence-electron chi connectivity index (χ1n) is 19.8. The normalized spacial score (nSPS) is 11.5. The third-order valence-corrected chi connectivity index (χ3v) is 10.9. The van der Waals surface area contributed by atoms with E-state index in [1.165, 1.54) is 21.9 Å². The van der Waals surface area contributed by atoms with Crippen molar-refractivity contribution in [1.82, 2.24) is 29.1 Å². The molecular weight excluding hydrogens is 741 g/mol. The molecule has 286 valence electrons. The Morgan fingerprint density at radius 1 is 0.367 bits per heavy atom. The molecule has 11 rings (SSSR count). The van der Waals surface area contributed by atoms with E-state index in [4.69, 9.17) is 19.4 Å². The van der Waals surface area contributed by atoms with Crippen LogP contribution in [0.5, 0.6) is 23.0 Å². The van der Waals surface area contributed by atoms with Crippen LogP contribution in [0.1, 0.15) is 11.1 Å². The van der Waals surface area contributed by atoms with Gasteiger partial charge in [0.15, 0.2) is 0 Å². The summed E-state index contributed by atoms with van der Waals surface area (Å²) in [5, 5.41) is 4.65. The number of hydrogen-bond acceptors (Lipinski definition) is 6. The van der Waals surface area contributed by atoms with Crippen molar-refractivity contribution in [1.29, 1.82) is 0 Å². The monoisotopic (exact) mass is 776 g/mol. The minimum absolute atomic E-state index is 0.701. The summed E-state index contributed by atoms with van der Waals surface area (Å²) in [4.78, 5) is 19.0. The molecule has 0 aliphatic heterocycles. The second kappa shape index (κ2) is 14.4. The molecule has 8 nitrogen and oxygen atoms in total. The molecule has 0 N–H and O–H groups in total.